The normalized spacial score (nSPS) is 25.1. The number of carbonyl (C=O) groups excluding carboxylic acids is 2. The van der Waals surface area contributed by atoms with Crippen LogP contribution in [0.25, 0.3) is 0 Å². The molecule has 2 aliphatic rings. The van der Waals surface area contributed by atoms with Gasteiger partial charge < -0.3 is 25.5 Å². The molecule has 0 aromatic heterocycles. The maximum atomic E-state index is 12.5. The third-order valence-corrected chi connectivity index (χ3v) is 5.12. The second-order valence-corrected chi connectivity index (χ2v) is 7.46. The molecule has 0 radical (unpaired) electrons. The Kier molecular flexibility index (Phi) is 5.83. The molecule has 146 valence electrons. The van der Waals surface area contributed by atoms with Crippen LogP contribution in [0, 0.1) is 11.8 Å². The number of likely N-dealkylation sites (tertiary alicyclic amines) is 2. The van der Waals surface area contributed by atoms with Crippen molar-refractivity contribution in [3.05, 3.63) is 30.3 Å². The second-order valence-electron chi connectivity index (χ2n) is 7.46. The molecule has 2 saturated heterocycles. The average Bonchev–Trinajstić information content (AvgIpc) is 3.10. The number of anilines is 1. The Bertz CT molecular complexity index is 696. The highest BCUT2D eigenvalue weighted by molar-refractivity contribution is 5.89. The van der Waals surface area contributed by atoms with Crippen LogP contribution in [0.3, 0.4) is 0 Å². The number of carboxylic acids is 1. The van der Waals surface area contributed by atoms with E-state index in [1.54, 1.807) is 9.80 Å². The van der Waals surface area contributed by atoms with E-state index in [9.17, 15) is 19.5 Å². The zero-order valence-electron chi connectivity index (χ0n) is 15.4. The van der Waals surface area contributed by atoms with Crippen molar-refractivity contribution in [1.29, 1.82) is 0 Å². The average molecular weight is 374 g/mol. The summed E-state index contributed by atoms with van der Waals surface area (Å²) < 4.78 is 0. The number of rotatable bonds is 3. The van der Waals surface area contributed by atoms with Gasteiger partial charge in [-0.25, -0.2) is 9.59 Å². The molecule has 3 unspecified atom stereocenters. The third-order valence-electron chi connectivity index (χ3n) is 5.12. The molecule has 2 aliphatic heterocycles. The fourth-order valence-electron chi connectivity index (χ4n) is 3.75. The van der Waals surface area contributed by atoms with Gasteiger partial charge in [0.1, 0.15) is 0 Å². The van der Waals surface area contributed by atoms with Crippen LogP contribution in [0.5, 0.6) is 0 Å². The Labute approximate surface area is 158 Å². The van der Waals surface area contributed by atoms with Crippen LogP contribution >= 0.6 is 0 Å². The number of benzene rings is 1. The highest BCUT2D eigenvalue weighted by atomic mass is 16.4. The van der Waals surface area contributed by atoms with E-state index in [1.165, 1.54) is 0 Å². The second kappa shape index (κ2) is 8.28. The van der Waals surface area contributed by atoms with Crippen molar-refractivity contribution >= 4 is 23.7 Å². The molecular weight excluding hydrogens is 348 g/mol. The lowest BCUT2D eigenvalue weighted by molar-refractivity contribution is -0.143. The zero-order valence-corrected chi connectivity index (χ0v) is 15.4. The summed E-state index contributed by atoms with van der Waals surface area (Å²) in [5.74, 6) is -1.22. The van der Waals surface area contributed by atoms with Gasteiger partial charge in [0.15, 0.2) is 0 Å². The largest absolute Gasteiger partial charge is 0.481 e. The lowest BCUT2D eigenvalue weighted by atomic mass is 9.91. The molecule has 1 aromatic rings. The summed E-state index contributed by atoms with van der Waals surface area (Å²) in [5.41, 5.74) is 0.733. The van der Waals surface area contributed by atoms with Crippen molar-refractivity contribution in [1.82, 2.24) is 15.1 Å². The van der Waals surface area contributed by atoms with E-state index < -0.39 is 11.9 Å². The van der Waals surface area contributed by atoms with E-state index in [0.29, 0.717) is 32.5 Å². The third kappa shape index (κ3) is 4.90. The molecule has 0 bridgehead atoms. The molecule has 4 amide bonds. The summed E-state index contributed by atoms with van der Waals surface area (Å²) >= 11 is 0. The number of nitrogens with one attached hydrogen (secondary N) is 2. The molecule has 3 atom stereocenters. The fourth-order valence-corrected chi connectivity index (χ4v) is 3.75. The highest BCUT2D eigenvalue weighted by Crippen LogP contribution is 2.22. The number of nitrogens with zero attached hydrogens (tertiary/aromatic N) is 2. The van der Waals surface area contributed by atoms with Gasteiger partial charge in [-0.2, -0.15) is 0 Å². The minimum Gasteiger partial charge on any atom is -0.481 e. The fraction of sp³-hybridized carbons (Fsp3) is 0.526. The molecule has 0 spiro atoms. The molecule has 0 aliphatic carbocycles. The van der Waals surface area contributed by atoms with Crippen LogP contribution in [-0.4, -0.2) is 65.2 Å². The monoisotopic (exact) mass is 374 g/mol. The molecule has 2 heterocycles. The van der Waals surface area contributed by atoms with Gasteiger partial charge in [0.25, 0.3) is 0 Å². The Morgan fingerprint density at radius 3 is 2.48 bits per heavy atom. The first-order valence-corrected chi connectivity index (χ1v) is 9.31. The number of aliphatic carboxylic acids is 1. The number of hydrogen-bond acceptors (Lipinski definition) is 3. The first-order valence-electron chi connectivity index (χ1n) is 9.31. The summed E-state index contributed by atoms with van der Waals surface area (Å²) in [4.78, 5) is 39.4. The Hall–Kier alpha value is -2.77. The number of para-hydroxylation sites is 1. The molecule has 3 N–H and O–H groups in total. The number of urea groups is 2. The number of hydrogen-bond donors (Lipinski definition) is 3. The van der Waals surface area contributed by atoms with E-state index in [-0.39, 0.29) is 30.6 Å². The van der Waals surface area contributed by atoms with E-state index in [4.69, 9.17) is 0 Å². The molecule has 8 heteroatoms. The highest BCUT2D eigenvalue weighted by Gasteiger charge is 2.34. The van der Waals surface area contributed by atoms with Crippen molar-refractivity contribution in [2.45, 2.75) is 25.8 Å². The van der Waals surface area contributed by atoms with Crippen LogP contribution in [0.1, 0.15) is 19.8 Å². The topological polar surface area (TPSA) is 102 Å². The van der Waals surface area contributed by atoms with Gasteiger partial charge >= 0.3 is 18.0 Å². The summed E-state index contributed by atoms with van der Waals surface area (Å²) in [6, 6.07) is 8.68. The molecule has 1 aromatic carbocycles. The van der Waals surface area contributed by atoms with Gasteiger partial charge in [-0.3, -0.25) is 4.79 Å². The zero-order chi connectivity index (χ0) is 19.4. The van der Waals surface area contributed by atoms with E-state index >= 15 is 0 Å². The van der Waals surface area contributed by atoms with Gasteiger partial charge in [0, 0.05) is 37.9 Å². The predicted octanol–water partition coefficient (Wildman–Crippen LogP) is 2.04. The summed E-state index contributed by atoms with van der Waals surface area (Å²) in [7, 11) is 0. The molecular formula is C19H26N4O4. The van der Waals surface area contributed by atoms with Crippen molar-refractivity contribution in [2.75, 3.05) is 31.5 Å². The molecule has 2 fully saturated rings. The molecule has 8 nitrogen and oxygen atoms in total. The lowest BCUT2D eigenvalue weighted by Crippen LogP contribution is -2.52. The van der Waals surface area contributed by atoms with E-state index in [1.807, 2.05) is 37.3 Å². The number of carboxylic acid groups (broad SMARTS) is 1. The maximum Gasteiger partial charge on any atom is 0.321 e. The quantitative estimate of drug-likeness (QED) is 0.753. The van der Waals surface area contributed by atoms with Gasteiger partial charge in [0.2, 0.25) is 0 Å². The van der Waals surface area contributed by atoms with Crippen LogP contribution in [0.15, 0.2) is 30.3 Å². The number of piperidine rings is 1. The van der Waals surface area contributed by atoms with Crippen LogP contribution in [0.4, 0.5) is 15.3 Å². The lowest BCUT2D eigenvalue weighted by Gasteiger charge is -2.35. The van der Waals surface area contributed by atoms with Crippen molar-refractivity contribution in [2.24, 2.45) is 11.8 Å². The summed E-state index contributed by atoms with van der Waals surface area (Å²) in [6.07, 6.45) is 1.27. The van der Waals surface area contributed by atoms with Crippen molar-refractivity contribution in [3.63, 3.8) is 0 Å². The van der Waals surface area contributed by atoms with Gasteiger partial charge in [0.05, 0.1) is 5.92 Å². The Balaban J connectivity index is 1.49. The Morgan fingerprint density at radius 1 is 1.04 bits per heavy atom. The minimum atomic E-state index is -0.857. The SMILES string of the molecule is CC1CC(C(=O)O)CN(C(=O)NC2CCN(C(=O)Nc3ccccc3)C2)C1. The van der Waals surface area contributed by atoms with Gasteiger partial charge in [-0.05, 0) is 30.9 Å². The number of carbonyl (C=O) groups is 3. The smallest absolute Gasteiger partial charge is 0.321 e. The first kappa shape index (κ1) is 19.0. The molecule has 0 saturated carbocycles. The van der Waals surface area contributed by atoms with Crippen molar-refractivity contribution in [3.8, 4) is 0 Å². The van der Waals surface area contributed by atoms with E-state index in [0.717, 1.165) is 5.69 Å². The summed E-state index contributed by atoms with van der Waals surface area (Å²) in [6.45, 7) is 3.76. The van der Waals surface area contributed by atoms with Crippen LogP contribution in [-0.2, 0) is 4.79 Å². The molecule has 3 rings (SSSR count). The first-order chi connectivity index (χ1) is 12.9. The standard InChI is InChI=1S/C19H26N4O4/c1-13-9-14(17(24)25)11-23(10-13)19(27)21-16-7-8-22(12-16)18(26)20-15-5-3-2-4-6-15/h2-6,13-14,16H,7-12H2,1H3,(H,20,26)(H,21,27)(H,24,25). The van der Waals surface area contributed by atoms with Crippen LogP contribution in [0.2, 0.25) is 0 Å². The maximum absolute atomic E-state index is 12.5. The van der Waals surface area contributed by atoms with Gasteiger partial charge in [-0.1, -0.05) is 25.1 Å². The minimum absolute atomic E-state index is 0.125. The number of amides is 4. The summed E-state index contributed by atoms with van der Waals surface area (Å²) in [5, 5.41) is 15.0. The molecule has 27 heavy (non-hydrogen) atoms. The van der Waals surface area contributed by atoms with Crippen LogP contribution < -0.4 is 10.6 Å². The van der Waals surface area contributed by atoms with Gasteiger partial charge in [-0.15, -0.1) is 0 Å². The van der Waals surface area contributed by atoms with Crippen molar-refractivity contribution < 1.29 is 19.5 Å². The predicted molar refractivity (Wildman–Crippen MR) is 100 cm³/mol. The van der Waals surface area contributed by atoms with E-state index in [2.05, 4.69) is 10.6 Å². The Morgan fingerprint density at radius 2 is 1.78 bits per heavy atom.